The van der Waals surface area contributed by atoms with E-state index < -0.39 is 17.9 Å². The van der Waals surface area contributed by atoms with Crippen molar-refractivity contribution in [3.05, 3.63) is 53.6 Å². The molecule has 0 bridgehead atoms. The standard InChI is InChI=1S/C20H21NO7/c1-21(19(26)8-5-12-3-6-15(22)17(24)10-12)14(20(27)28-2)9-13-4-7-16(23)18(25)11-13/h3-8,10-11,14,22-25H,9H2,1-2H3/t14-/m1/s1. The zero-order chi connectivity index (χ0) is 20.8. The maximum absolute atomic E-state index is 12.5. The predicted octanol–water partition coefficient (Wildman–Crippen LogP) is 1.76. The van der Waals surface area contributed by atoms with Gasteiger partial charge in [-0.3, -0.25) is 4.79 Å². The molecule has 0 aliphatic heterocycles. The van der Waals surface area contributed by atoms with Crippen molar-refractivity contribution >= 4 is 18.0 Å². The number of ether oxygens (including phenoxy) is 1. The van der Waals surface area contributed by atoms with Crippen LogP contribution in [0.15, 0.2) is 42.5 Å². The SMILES string of the molecule is COC(=O)[C@@H](Cc1ccc(O)c(O)c1)N(C)C(=O)C=Cc1ccc(O)c(O)c1. The first kappa shape index (κ1) is 20.6. The van der Waals surface area contributed by atoms with Crippen LogP contribution in [-0.2, 0) is 20.7 Å². The Balaban J connectivity index is 2.18. The minimum atomic E-state index is -0.959. The minimum absolute atomic E-state index is 0.0661. The Kier molecular flexibility index (Phi) is 6.49. The third-order valence-electron chi connectivity index (χ3n) is 4.18. The Hall–Kier alpha value is -3.68. The first-order chi connectivity index (χ1) is 13.2. The van der Waals surface area contributed by atoms with Gasteiger partial charge in [-0.25, -0.2) is 4.79 Å². The number of phenolic OH excluding ortho intramolecular Hbond substituents is 4. The fourth-order valence-corrected chi connectivity index (χ4v) is 2.52. The van der Waals surface area contributed by atoms with Crippen LogP contribution in [0.5, 0.6) is 23.0 Å². The van der Waals surface area contributed by atoms with Gasteiger partial charge in [-0.2, -0.15) is 0 Å². The Bertz CT molecular complexity index is 907. The fraction of sp³-hybridized carbons (Fsp3) is 0.200. The smallest absolute Gasteiger partial charge is 0.328 e. The van der Waals surface area contributed by atoms with Crippen molar-refractivity contribution in [2.45, 2.75) is 12.5 Å². The summed E-state index contributed by atoms with van der Waals surface area (Å²) in [6.45, 7) is 0. The van der Waals surface area contributed by atoms with Gasteiger partial charge in [0.25, 0.3) is 0 Å². The summed E-state index contributed by atoms with van der Waals surface area (Å²) >= 11 is 0. The van der Waals surface area contributed by atoms with E-state index in [2.05, 4.69) is 0 Å². The molecule has 0 spiro atoms. The van der Waals surface area contributed by atoms with Crippen molar-refractivity contribution in [1.29, 1.82) is 0 Å². The van der Waals surface area contributed by atoms with Crippen LogP contribution in [0.4, 0.5) is 0 Å². The molecule has 8 nitrogen and oxygen atoms in total. The molecule has 0 fully saturated rings. The van der Waals surface area contributed by atoms with E-state index >= 15 is 0 Å². The molecule has 1 atom stereocenters. The van der Waals surface area contributed by atoms with E-state index in [1.807, 2.05) is 0 Å². The summed E-state index contributed by atoms with van der Waals surface area (Å²) in [5.41, 5.74) is 1.01. The maximum atomic E-state index is 12.5. The van der Waals surface area contributed by atoms with Crippen molar-refractivity contribution in [3.63, 3.8) is 0 Å². The van der Waals surface area contributed by atoms with Gasteiger partial charge < -0.3 is 30.1 Å². The molecule has 0 radical (unpaired) electrons. The lowest BCUT2D eigenvalue weighted by Crippen LogP contribution is -2.43. The summed E-state index contributed by atoms with van der Waals surface area (Å²) in [7, 11) is 2.64. The zero-order valence-electron chi connectivity index (χ0n) is 15.4. The third-order valence-corrected chi connectivity index (χ3v) is 4.18. The van der Waals surface area contributed by atoms with E-state index in [1.165, 1.54) is 67.6 Å². The van der Waals surface area contributed by atoms with Crippen molar-refractivity contribution in [2.75, 3.05) is 14.2 Å². The number of aromatic hydroxyl groups is 4. The Morgan fingerprint density at radius 2 is 1.61 bits per heavy atom. The quantitative estimate of drug-likeness (QED) is 0.338. The molecule has 0 aromatic heterocycles. The van der Waals surface area contributed by atoms with E-state index in [0.717, 1.165) is 0 Å². The van der Waals surface area contributed by atoms with Crippen molar-refractivity contribution in [1.82, 2.24) is 4.90 Å². The second kappa shape index (κ2) is 8.81. The zero-order valence-corrected chi connectivity index (χ0v) is 15.4. The molecule has 0 aliphatic rings. The number of esters is 1. The summed E-state index contributed by atoms with van der Waals surface area (Å²) in [6, 6.07) is 7.25. The summed E-state index contributed by atoms with van der Waals surface area (Å²) in [5.74, 6) is -2.35. The molecule has 2 aromatic carbocycles. The van der Waals surface area contributed by atoms with Crippen LogP contribution < -0.4 is 0 Å². The largest absolute Gasteiger partial charge is 0.504 e. The first-order valence-corrected chi connectivity index (χ1v) is 8.28. The lowest BCUT2D eigenvalue weighted by Gasteiger charge is -2.25. The summed E-state index contributed by atoms with van der Waals surface area (Å²) in [5, 5.41) is 37.8. The van der Waals surface area contributed by atoms with Gasteiger partial charge in [-0.15, -0.1) is 0 Å². The molecule has 0 unspecified atom stereocenters. The highest BCUT2D eigenvalue weighted by Crippen LogP contribution is 2.27. The number of methoxy groups -OCH3 is 1. The van der Waals surface area contributed by atoms with Crippen molar-refractivity contribution in [3.8, 4) is 23.0 Å². The number of benzene rings is 2. The average Bonchev–Trinajstić information content (AvgIpc) is 2.68. The third kappa shape index (κ3) is 4.94. The molecule has 0 heterocycles. The fourth-order valence-electron chi connectivity index (χ4n) is 2.52. The summed E-state index contributed by atoms with van der Waals surface area (Å²) in [4.78, 5) is 25.8. The van der Waals surface area contributed by atoms with Gasteiger partial charge in [0.2, 0.25) is 5.91 Å². The lowest BCUT2D eigenvalue weighted by atomic mass is 10.0. The van der Waals surface area contributed by atoms with Crippen LogP contribution in [0.25, 0.3) is 6.08 Å². The van der Waals surface area contributed by atoms with Gasteiger partial charge in [0.1, 0.15) is 6.04 Å². The molecule has 0 aliphatic carbocycles. The van der Waals surface area contributed by atoms with E-state index in [0.29, 0.717) is 11.1 Å². The Morgan fingerprint density at radius 3 is 2.18 bits per heavy atom. The molecule has 0 saturated carbocycles. The molecule has 2 rings (SSSR count). The van der Waals surface area contributed by atoms with Gasteiger partial charge in [0.05, 0.1) is 7.11 Å². The van der Waals surface area contributed by atoms with Crippen LogP contribution in [0.3, 0.4) is 0 Å². The molecule has 8 heteroatoms. The highest BCUT2D eigenvalue weighted by molar-refractivity contribution is 5.94. The number of nitrogens with zero attached hydrogens (tertiary/aromatic N) is 1. The first-order valence-electron chi connectivity index (χ1n) is 8.28. The van der Waals surface area contributed by atoms with Crippen LogP contribution in [0, 0.1) is 0 Å². The van der Waals surface area contributed by atoms with Crippen LogP contribution in [-0.4, -0.2) is 57.4 Å². The van der Waals surface area contributed by atoms with E-state index in [9.17, 15) is 30.0 Å². The van der Waals surface area contributed by atoms with Gasteiger partial charge in [0.15, 0.2) is 23.0 Å². The topological polar surface area (TPSA) is 128 Å². The number of likely N-dealkylation sites (N-methyl/N-ethyl adjacent to an activating group) is 1. The molecule has 2 aromatic rings. The molecule has 148 valence electrons. The van der Waals surface area contributed by atoms with E-state index in [4.69, 9.17) is 4.74 Å². The van der Waals surface area contributed by atoms with Gasteiger partial charge in [0, 0.05) is 19.5 Å². The maximum Gasteiger partial charge on any atom is 0.328 e. The van der Waals surface area contributed by atoms with Crippen LogP contribution >= 0.6 is 0 Å². The van der Waals surface area contributed by atoms with Crippen molar-refractivity contribution in [2.24, 2.45) is 0 Å². The number of amides is 1. The highest BCUT2D eigenvalue weighted by atomic mass is 16.5. The van der Waals surface area contributed by atoms with Gasteiger partial charge in [-0.05, 0) is 41.5 Å². The normalized spacial score (nSPS) is 11.9. The van der Waals surface area contributed by atoms with E-state index in [-0.39, 0.29) is 29.4 Å². The monoisotopic (exact) mass is 387 g/mol. The Morgan fingerprint density at radius 1 is 1.00 bits per heavy atom. The second-order valence-corrected chi connectivity index (χ2v) is 6.10. The van der Waals surface area contributed by atoms with Crippen molar-refractivity contribution < 1.29 is 34.8 Å². The number of phenols is 4. The lowest BCUT2D eigenvalue weighted by molar-refractivity contribution is -0.150. The summed E-state index contributed by atoms with van der Waals surface area (Å²) in [6.07, 6.45) is 2.71. The van der Waals surface area contributed by atoms with Crippen LogP contribution in [0.1, 0.15) is 11.1 Å². The van der Waals surface area contributed by atoms with Gasteiger partial charge in [-0.1, -0.05) is 12.1 Å². The summed E-state index contributed by atoms with van der Waals surface area (Å²) < 4.78 is 4.77. The molecule has 28 heavy (non-hydrogen) atoms. The van der Waals surface area contributed by atoms with Crippen LogP contribution in [0.2, 0.25) is 0 Å². The van der Waals surface area contributed by atoms with Gasteiger partial charge >= 0.3 is 5.97 Å². The highest BCUT2D eigenvalue weighted by Gasteiger charge is 2.27. The predicted molar refractivity (Wildman–Crippen MR) is 101 cm³/mol. The number of carbonyl (C=O) groups is 2. The minimum Gasteiger partial charge on any atom is -0.504 e. The number of hydrogen-bond acceptors (Lipinski definition) is 7. The molecular formula is C20H21NO7. The number of rotatable bonds is 6. The average molecular weight is 387 g/mol. The molecule has 4 N–H and O–H groups in total. The molecular weight excluding hydrogens is 366 g/mol. The Labute approximate surface area is 161 Å². The number of carbonyl (C=O) groups excluding carboxylic acids is 2. The second-order valence-electron chi connectivity index (χ2n) is 6.10. The molecule has 0 saturated heterocycles. The molecule has 1 amide bonds. The number of hydrogen-bond donors (Lipinski definition) is 4. The van der Waals surface area contributed by atoms with E-state index in [1.54, 1.807) is 0 Å².